The zero-order valence-electron chi connectivity index (χ0n) is 13.8. The van der Waals surface area contributed by atoms with Gasteiger partial charge in [-0.1, -0.05) is 6.92 Å². The van der Waals surface area contributed by atoms with Crippen molar-refractivity contribution in [1.29, 1.82) is 0 Å². The van der Waals surface area contributed by atoms with Crippen LogP contribution in [0.15, 0.2) is 46.9 Å². The highest BCUT2D eigenvalue weighted by molar-refractivity contribution is 7.80. The van der Waals surface area contributed by atoms with Gasteiger partial charge in [-0.15, -0.1) is 0 Å². The maximum atomic E-state index is 11.3. The van der Waals surface area contributed by atoms with Gasteiger partial charge >= 0.3 is 0 Å². The number of anilines is 1. The second-order valence-electron chi connectivity index (χ2n) is 5.29. The minimum Gasteiger partial charge on any atom is -0.497 e. The van der Waals surface area contributed by atoms with Crippen LogP contribution in [-0.4, -0.2) is 23.1 Å². The normalized spacial score (nSPS) is 10.5. The molecule has 1 heterocycles. The summed E-state index contributed by atoms with van der Waals surface area (Å²) in [6.45, 7) is 1.77. The molecule has 0 unspecified atom stereocenters. The van der Waals surface area contributed by atoms with Gasteiger partial charge in [0, 0.05) is 23.7 Å². The van der Waals surface area contributed by atoms with Gasteiger partial charge in [0.25, 0.3) is 0 Å². The molecule has 0 saturated carbocycles. The molecule has 0 fully saturated rings. The van der Waals surface area contributed by atoms with Gasteiger partial charge in [-0.2, -0.15) is 0 Å². The number of nitrogens with zero attached hydrogens (tertiary/aromatic N) is 1. The number of fused-ring (bicyclic) bond motifs is 1. The van der Waals surface area contributed by atoms with E-state index in [1.165, 1.54) is 0 Å². The Morgan fingerprint density at radius 1 is 1.24 bits per heavy atom. The summed E-state index contributed by atoms with van der Waals surface area (Å²) in [5.41, 5.74) is 3.04. The van der Waals surface area contributed by atoms with Gasteiger partial charge in [-0.3, -0.25) is 4.79 Å². The smallest absolute Gasteiger partial charge is 0.227 e. The Bertz CT molecular complexity index is 919. The molecule has 1 amide bonds. The highest BCUT2D eigenvalue weighted by Crippen LogP contribution is 2.27. The molecule has 0 bridgehead atoms. The van der Waals surface area contributed by atoms with Crippen LogP contribution >= 0.6 is 12.2 Å². The van der Waals surface area contributed by atoms with Crippen molar-refractivity contribution in [3.05, 3.63) is 42.5 Å². The largest absolute Gasteiger partial charge is 0.497 e. The van der Waals surface area contributed by atoms with E-state index in [1.807, 2.05) is 42.5 Å². The van der Waals surface area contributed by atoms with Crippen LogP contribution < -0.4 is 15.4 Å². The number of thiocarbonyl (C=S) groups is 1. The fourth-order valence-electron chi connectivity index (χ4n) is 2.23. The Kier molecular flexibility index (Phi) is 4.95. The first-order valence-electron chi connectivity index (χ1n) is 7.75. The highest BCUT2D eigenvalue weighted by atomic mass is 32.1. The average molecular weight is 355 g/mol. The third-order valence-electron chi connectivity index (χ3n) is 3.56. The number of nitrogens with one attached hydrogen (secondary N) is 2. The molecule has 6 nitrogen and oxygen atoms in total. The quantitative estimate of drug-likeness (QED) is 0.695. The average Bonchev–Trinajstić information content (AvgIpc) is 3.05. The van der Waals surface area contributed by atoms with Crippen LogP contribution in [0.4, 0.5) is 5.69 Å². The van der Waals surface area contributed by atoms with Crippen LogP contribution in [0.1, 0.15) is 13.3 Å². The predicted octanol–water partition coefficient (Wildman–Crippen LogP) is 3.73. The van der Waals surface area contributed by atoms with Gasteiger partial charge < -0.3 is 19.8 Å². The third-order valence-corrected chi connectivity index (χ3v) is 3.76. The Hall–Kier alpha value is -2.93. The fourth-order valence-corrected chi connectivity index (χ4v) is 2.46. The summed E-state index contributed by atoms with van der Waals surface area (Å²) in [7, 11) is 1.61. The van der Waals surface area contributed by atoms with E-state index >= 15 is 0 Å². The van der Waals surface area contributed by atoms with Gasteiger partial charge in [0.1, 0.15) is 11.3 Å². The predicted molar refractivity (Wildman–Crippen MR) is 101 cm³/mol. The standard InChI is InChI=1S/C18H17N3O3S/c1-3-16(22)21-18(25)19-12-6-4-11(5-7-12)17-20-14-10-13(23-2)8-9-15(14)24-17/h4-10H,3H2,1-2H3,(H2,19,21,22,25). The number of carbonyl (C=O) groups excluding carboxylic acids is 1. The lowest BCUT2D eigenvalue weighted by atomic mass is 10.2. The molecule has 25 heavy (non-hydrogen) atoms. The lowest BCUT2D eigenvalue weighted by Gasteiger charge is -2.08. The second kappa shape index (κ2) is 7.31. The van der Waals surface area contributed by atoms with Crippen LogP contribution in [0.3, 0.4) is 0 Å². The molecule has 2 N–H and O–H groups in total. The summed E-state index contributed by atoms with van der Waals surface area (Å²) in [5, 5.41) is 5.82. The number of benzene rings is 2. The maximum absolute atomic E-state index is 11.3. The topological polar surface area (TPSA) is 76.4 Å². The van der Waals surface area contributed by atoms with E-state index in [4.69, 9.17) is 21.4 Å². The van der Waals surface area contributed by atoms with Crippen molar-refractivity contribution in [2.75, 3.05) is 12.4 Å². The summed E-state index contributed by atoms with van der Waals surface area (Å²) in [5.74, 6) is 1.13. The lowest BCUT2D eigenvalue weighted by Crippen LogP contribution is -2.33. The van der Waals surface area contributed by atoms with Gasteiger partial charge in [0.15, 0.2) is 10.7 Å². The van der Waals surface area contributed by atoms with Crippen molar-refractivity contribution in [3.8, 4) is 17.2 Å². The monoisotopic (exact) mass is 355 g/mol. The number of oxazole rings is 1. The molecule has 0 radical (unpaired) electrons. The van der Waals surface area contributed by atoms with Crippen LogP contribution in [-0.2, 0) is 4.79 Å². The SMILES string of the molecule is CCC(=O)NC(=S)Nc1ccc(-c2nc3cc(OC)ccc3o2)cc1. The van der Waals surface area contributed by atoms with Crippen molar-refractivity contribution in [1.82, 2.24) is 10.3 Å². The molecule has 0 aliphatic rings. The molecule has 3 aromatic rings. The summed E-state index contributed by atoms with van der Waals surface area (Å²) in [6.07, 6.45) is 0.378. The van der Waals surface area contributed by atoms with Crippen molar-refractivity contribution in [3.63, 3.8) is 0 Å². The number of carbonyl (C=O) groups is 1. The molecule has 7 heteroatoms. The second-order valence-corrected chi connectivity index (χ2v) is 5.69. The molecule has 0 aliphatic carbocycles. The summed E-state index contributed by atoms with van der Waals surface area (Å²) < 4.78 is 11.0. The molecular weight excluding hydrogens is 338 g/mol. The lowest BCUT2D eigenvalue weighted by molar-refractivity contribution is -0.119. The summed E-state index contributed by atoms with van der Waals surface area (Å²) in [4.78, 5) is 15.8. The third kappa shape index (κ3) is 3.95. The van der Waals surface area contributed by atoms with Crippen molar-refractivity contribution in [2.45, 2.75) is 13.3 Å². The summed E-state index contributed by atoms with van der Waals surface area (Å²) >= 11 is 5.09. The Morgan fingerprint density at radius 2 is 2.00 bits per heavy atom. The maximum Gasteiger partial charge on any atom is 0.227 e. The Morgan fingerprint density at radius 3 is 2.68 bits per heavy atom. The number of amides is 1. The number of methoxy groups -OCH3 is 1. The first-order chi connectivity index (χ1) is 12.1. The van der Waals surface area contributed by atoms with Gasteiger partial charge in [0.05, 0.1) is 7.11 Å². The molecular formula is C18H17N3O3S. The van der Waals surface area contributed by atoms with E-state index in [9.17, 15) is 4.79 Å². The van der Waals surface area contributed by atoms with Crippen LogP contribution in [0.2, 0.25) is 0 Å². The molecule has 128 valence electrons. The van der Waals surface area contributed by atoms with Crippen LogP contribution in [0.25, 0.3) is 22.6 Å². The molecule has 0 atom stereocenters. The van der Waals surface area contributed by atoms with E-state index in [0.29, 0.717) is 17.9 Å². The number of hydrogen-bond donors (Lipinski definition) is 2. The minimum atomic E-state index is -0.129. The van der Waals surface area contributed by atoms with Crippen molar-refractivity contribution < 1.29 is 13.9 Å². The van der Waals surface area contributed by atoms with Crippen LogP contribution in [0.5, 0.6) is 5.75 Å². The minimum absolute atomic E-state index is 0.129. The molecule has 2 aromatic carbocycles. The Balaban J connectivity index is 1.76. The molecule has 1 aromatic heterocycles. The van der Waals surface area contributed by atoms with E-state index in [1.54, 1.807) is 14.0 Å². The van der Waals surface area contributed by atoms with Crippen LogP contribution in [0, 0.1) is 0 Å². The zero-order valence-corrected chi connectivity index (χ0v) is 14.6. The number of hydrogen-bond acceptors (Lipinski definition) is 5. The van der Waals surface area contributed by atoms with E-state index in [0.717, 1.165) is 22.5 Å². The van der Waals surface area contributed by atoms with Gasteiger partial charge in [0.2, 0.25) is 11.8 Å². The zero-order chi connectivity index (χ0) is 17.8. The van der Waals surface area contributed by atoms with Gasteiger partial charge in [-0.05, 0) is 48.6 Å². The Labute approximate surface area is 150 Å². The van der Waals surface area contributed by atoms with Gasteiger partial charge in [-0.25, -0.2) is 4.98 Å². The number of ether oxygens (including phenoxy) is 1. The number of aromatic nitrogens is 1. The first-order valence-corrected chi connectivity index (χ1v) is 8.15. The summed E-state index contributed by atoms with van der Waals surface area (Å²) in [6, 6.07) is 12.9. The van der Waals surface area contributed by atoms with E-state index < -0.39 is 0 Å². The number of rotatable bonds is 4. The van der Waals surface area contributed by atoms with E-state index in [-0.39, 0.29) is 11.0 Å². The molecule has 3 rings (SSSR count). The molecule has 0 saturated heterocycles. The molecule has 0 spiro atoms. The fraction of sp³-hybridized carbons (Fsp3) is 0.167. The van der Waals surface area contributed by atoms with E-state index in [2.05, 4.69) is 15.6 Å². The van der Waals surface area contributed by atoms with Crippen molar-refractivity contribution in [2.24, 2.45) is 0 Å². The molecule has 0 aliphatic heterocycles. The highest BCUT2D eigenvalue weighted by Gasteiger charge is 2.09. The first kappa shape index (κ1) is 16.9. The van der Waals surface area contributed by atoms with Crippen molar-refractivity contribution >= 4 is 40.0 Å².